The molecular weight excluding hydrogens is 1000 g/mol. The number of anilines is 2. The number of para-hydroxylation sites is 1. The minimum absolute atomic E-state index is 0.0186. The molecule has 4 atom stereocenters. The summed E-state index contributed by atoms with van der Waals surface area (Å²) in [5.41, 5.74) is 9.78. The molecule has 396 valence electrons. The number of aliphatic hydroxyl groups excluding tert-OH is 1. The molecule has 0 bridgehead atoms. The number of pyridine rings is 1. The van der Waals surface area contributed by atoms with Gasteiger partial charge in [-0.05, 0) is 105 Å². The Hall–Kier alpha value is -7.35. The lowest BCUT2D eigenvalue weighted by Gasteiger charge is -2.35. The topological polar surface area (TPSA) is 225 Å². The van der Waals surface area contributed by atoms with Crippen LogP contribution in [0.3, 0.4) is 0 Å². The van der Waals surface area contributed by atoms with Crippen molar-refractivity contribution in [3.63, 3.8) is 0 Å². The van der Waals surface area contributed by atoms with Gasteiger partial charge in [0.15, 0.2) is 10.8 Å². The third kappa shape index (κ3) is 11.6. The van der Waals surface area contributed by atoms with Crippen molar-refractivity contribution in [2.45, 2.75) is 124 Å². The van der Waals surface area contributed by atoms with Crippen LogP contribution in [0.1, 0.15) is 120 Å². The number of rotatable bonds is 17. The summed E-state index contributed by atoms with van der Waals surface area (Å²) in [6.45, 7) is 14.7. The van der Waals surface area contributed by atoms with E-state index < -0.39 is 35.5 Å². The molecule has 0 spiro atoms. The summed E-state index contributed by atoms with van der Waals surface area (Å²) in [4.78, 5) is 86.2. The molecule has 76 heavy (non-hydrogen) atoms. The number of amides is 4. The van der Waals surface area contributed by atoms with Gasteiger partial charge in [-0.1, -0.05) is 87.1 Å². The van der Waals surface area contributed by atoms with Gasteiger partial charge >= 0.3 is 5.97 Å². The summed E-state index contributed by atoms with van der Waals surface area (Å²) in [5, 5.41) is 35.6. The van der Waals surface area contributed by atoms with E-state index in [0.29, 0.717) is 78.7 Å². The van der Waals surface area contributed by atoms with Crippen LogP contribution in [0.4, 0.5) is 10.9 Å². The zero-order valence-corrected chi connectivity index (χ0v) is 45.5. The number of aromatic nitrogens is 5. The summed E-state index contributed by atoms with van der Waals surface area (Å²) in [6.07, 6.45) is 1.94. The van der Waals surface area contributed by atoms with Crippen molar-refractivity contribution in [1.82, 2.24) is 40.3 Å². The van der Waals surface area contributed by atoms with Crippen LogP contribution in [-0.4, -0.2) is 101 Å². The number of hydrogen-bond acceptors (Lipinski definition) is 13. The number of aryl methyl sites for hydroxylation is 3. The van der Waals surface area contributed by atoms with Gasteiger partial charge in [-0.3, -0.25) is 29.2 Å². The van der Waals surface area contributed by atoms with Crippen LogP contribution in [0.5, 0.6) is 0 Å². The molecule has 7 aromatic rings. The number of carbonyl (C=O) groups is 5. The second-order valence-corrected chi connectivity index (χ2v) is 22.8. The van der Waals surface area contributed by atoms with E-state index in [1.807, 2.05) is 130 Å². The van der Waals surface area contributed by atoms with Crippen molar-refractivity contribution < 1.29 is 34.2 Å². The lowest BCUT2D eigenvalue weighted by molar-refractivity contribution is -0.144. The molecule has 19 heteroatoms. The second-order valence-electron chi connectivity index (χ2n) is 20.9. The third-order valence-electron chi connectivity index (χ3n) is 14.4. The number of carboxylic acid groups (broad SMARTS) is 1. The van der Waals surface area contributed by atoms with Crippen molar-refractivity contribution >= 4 is 73.4 Å². The van der Waals surface area contributed by atoms with Crippen LogP contribution < -0.4 is 20.9 Å². The zero-order valence-electron chi connectivity index (χ0n) is 43.8. The molecule has 1 saturated heterocycles. The molecule has 17 nitrogen and oxygen atoms in total. The highest BCUT2D eigenvalue weighted by molar-refractivity contribution is 7.22. The molecule has 0 radical (unpaired) electrons. The SMILES string of the molecule is Cc1ncsc1-c1ccc([C@H](C)NC(=O)[C@@H]2C[C@@H](O)CN2C(=O)[C@@H](NC(=O)CCCCCn2nc(C)c(-c3ccc(N4CCc5cccc(C(=O)Nc6nc7ccccc7s6)c5C4)nc3C(=O)O)c2C)C(C)(C)C)cc1. The van der Waals surface area contributed by atoms with E-state index >= 15 is 0 Å². The standard InChI is InChI=1S/C57H64N10O7S2/c1-32(36-19-21-38(22-20-36)50-34(3)58-31-75-50)59-53(71)44-28-39(68)29-66(44)54(72)51(57(5,6)7)62-47(69)18-9-8-12-26-67-35(4)48(33(2)64-67)41-23-24-46(61-49(41)55(73)74)65-27-25-37-14-13-15-40(42(37)30-65)52(70)63-56-60-43-16-10-11-17-45(43)76-56/h10-11,13-17,19-24,31-32,39,44,51,68H,8-9,12,18,25-30H2,1-7H3,(H,59,71)(H,62,69)(H,73,74)(H,60,63,70)/t32-,39+,44-,51+/m0/s1. The van der Waals surface area contributed by atoms with Gasteiger partial charge in [-0.25, -0.2) is 19.7 Å². The van der Waals surface area contributed by atoms with Gasteiger partial charge in [0.05, 0.1) is 44.1 Å². The van der Waals surface area contributed by atoms with Crippen LogP contribution in [0.15, 0.2) is 84.4 Å². The van der Waals surface area contributed by atoms with Crippen molar-refractivity contribution in [1.29, 1.82) is 0 Å². The molecule has 4 amide bonds. The molecule has 4 aromatic heterocycles. The summed E-state index contributed by atoms with van der Waals surface area (Å²) in [6, 6.07) is 22.8. The average Bonchev–Trinajstić information content (AvgIpc) is 4.21. The van der Waals surface area contributed by atoms with Crippen LogP contribution in [0.2, 0.25) is 0 Å². The van der Waals surface area contributed by atoms with Crippen LogP contribution in [-0.2, 0) is 33.9 Å². The molecule has 2 aliphatic heterocycles. The summed E-state index contributed by atoms with van der Waals surface area (Å²) in [7, 11) is 0. The Morgan fingerprint density at radius 2 is 1.66 bits per heavy atom. The van der Waals surface area contributed by atoms with Gasteiger partial charge in [-0.2, -0.15) is 5.10 Å². The highest BCUT2D eigenvalue weighted by Crippen LogP contribution is 2.35. The Kier molecular flexibility index (Phi) is 15.8. The minimum atomic E-state index is -1.17. The quantitative estimate of drug-likeness (QED) is 0.0539. The lowest BCUT2D eigenvalue weighted by Crippen LogP contribution is -2.57. The second kappa shape index (κ2) is 22.5. The number of carboxylic acids is 1. The maximum atomic E-state index is 14.3. The number of likely N-dealkylation sites (tertiary alicyclic amines) is 1. The summed E-state index contributed by atoms with van der Waals surface area (Å²) >= 11 is 2.98. The largest absolute Gasteiger partial charge is 0.476 e. The number of fused-ring (bicyclic) bond motifs is 2. The Labute approximate surface area is 449 Å². The first-order valence-corrected chi connectivity index (χ1v) is 27.4. The molecule has 5 N–H and O–H groups in total. The smallest absolute Gasteiger partial charge is 0.355 e. The van der Waals surface area contributed by atoms with Crippen molar-refractivity contribution in [2.24, 2.45) is 5.41 Å². The molecule has 0 aliphatic carbocycles. The first-order chi connectivity index (χ1) is 36.3. The van der Waals surface area contributed by atoms with Gasteiger partial charge in [0.25, 0.3) is 5.91 Å². The van der Waals surface area contributed by atoms with E-state index in [9.17, 15) is 34.2 Å². The van der Waals surface area contributed by atoms with Gasteiger partial charge in [0.1, 0.15) is 17.9 Å². The van der Waals surface area contributed by atoms with Crippen molar-refractivity contribution in [3.05, 3.63) is 129 Å². The van der Waals surface area contributed by atoms with Gasteiger partial charge in [0, 0.05) is 61.4 Å². The predicted octanol–water partition coefficient (Wildman–Crippen LogP) is 9.05. The van der Waals surface area contributed by atoms with Crippen LogP contribution in [0, 0.1) is 26.2 Å². The number of nitrogens with zero attached hydrogens (tertiary/aromatic N) is 7. The monoisotopic (exact) mass is 1060 g/mol. The highest BCUT2D eigenvalue weighted by atomic mass is 32.1. The Morgan fingerprint density at radius 3 is 2.38 bits per heavy atom. The third-order valence-corrected chi connectivity index (χ3v) is 16.4. The van der Waals surface area contributed by atoms with E-state index in [-0.39, 0.29) is 48.8 Å². The predicted molar refractivity (Wildman–Crippen MR) is 295 cm³/mol. The number of aromatic carboxylic acids is 1. The van der Waals surface area contributed by atoms with Crippen molar-refractivity contribution in [3.8, 4) is 21.6 Å². The normalized spacial score (nSPS) is 16.3. The number of β-amino-alcohol motifs (C(OH)–C–C–N with tert-alkyl or cyclic N) is 1. The van der Waals surface area contributed by atoms with Gasteiger partial charge in [-0.15, -0.1) is 11.3 Å². The van der Waals surface area contributed by atoms with Gasteiger partial charge < -0.3 is 30.6 Å². The van der Waals surface area contributed by atoms with E-state index in [0.717, 1.165) is 48.7 Å². The fourth-order valence-corrected chi connectivity index (χ4v) is 12.0. The fraction of sp³-hybridized carbons (Fsp3) is 0.386. The average molecular weight is 1070 g/mol. The van der Waals surface area contributed by atoms with E-state index in [4.69, 9.17) is 10.1 Å². The molecule has 6 heterocycles. The number of thiazole rings is 2. The fourth-order valence-electron chi connectivity index (χ4n) is 10.3. The number of hydrogen-bond donors (Lipinski definition) is 5. The van der Waals surface area contributed by atoms with Gasteiger partial charge in [0.2, 0.25) is 17.7 Å². The minimum Gasteiger partial charge on any atom is -0.476 e. The number of nitrogens with one attached hydrogen (secondary N) is 3. The summed E-state index contributed by atoms with van der Waals surface area (Å²) < 4.78 is 2.84. The molecule has 3 aromatic carbocycles. The first kappa shape index (κ1) is 53.5. The van der Waals surface area contributed by atoms with Crippen molar-refractivity contribution in [2.75, 3.05) is 23.3 Å². The zero-order chi connectivity index (χ0) is 54.0. The molecular formula is C57H64N10O7S2. The molecule has 1 fully saturated rings. The Bertz CT molecular complexity index is 3290. The van der Waals surface area contributed by atoms with E-state index in [1.165, 1.54) is 16.2 Å². The lowest BCUT2D eigenvalue weighted by atomic mass is 9.85. The van der Waals surface area contributed by atoms with Crippen LogP contribution >= 0.6 is 22.7 Å². The summed E-state index contributed by atoms with van der Waals surface area (Å²) in [5.74, 6) is -2.01. The number of unbranched alkanes of at least 4 members (excludes halogenated alkanes) is 2. The van der Waals surface area contributed by atoms with Crippen LogP contribution in [0.25, 0.3) is 31.8 Å². The van der Waals surface area contributed by atoms with E-state index in [1.54, 1.807) is 23.5 Å². The first-order valence-electron chi connectivity index (χ1n) is 25.7. The van der Waals surface area contributed by atoms with E-state index in [2.05, 4.69) is 25.9 Å². The number of aliphatic hydroxyl groups is 1. The molecule has 2 aliphatic rings. The molecule has 0 unspecified atom stereocenters. The Morgan fingerprint density at radius 1 is 0.882 bits per heavy atom. The number of carbonyl (C=O) groups excluding carboxylic acids is 4. The molecule has 0 saturated carbocycles. The number of benzene rings is 3. The Balaban J connectivity index is 0.787. The maximum Gasteiger partial charge on any atom is 0.355 e. The maximum absolute atomic E-state index is 14.3. The molecule has 9 rings (SSSR count). The highest BCUT2D eigenvalue weighted by Gasteiger charge is 2.45.